The van der Waals surface area contributed by atoms with E-state index in [4.69, 9.17) is 9.47 Å². The third kappa shape index (κ3) is 4.07. The number of ether oxygens (including phenoxy) is 2. The van der Waals surface area contributed by atoms with Crippen LogP contribution < -0.4 is 14.8 Å². The van der Waals surface area contributed by atoms with E-state index in [9.17, 15) is 9.90 Å². The van der Waals surface area contributed by atoms with E-state index in [-0.39, 0.29) is 24.5 Å². The molecule has 0 spiro atoms. The summed E-state index contributed by atoms with van der Waals surface area (Å²) in [6, 6.07) is 17.9. The van der Waals surface area contributed by atoms with Gasteiger partial charge in [0.25, 0.3) is 5.91 Å². The minimum atomic E-state index is -0.238. The highest BCUT2D eigenvalue weighted by Gasteiger charge is 2.30. The highest BCUT2D eigenvalue weighted by atomic mass is 79.9. The topological polar surface area (TPSA) is 71.0 Å². The van der Waals surface area contributed by atoms with E-state index >= 15 is 0 Å². The molecule has 0 aromatic heterocycles. The van der Waals surface area contributed by atoms with Crippen LogP contribution in [0.5, 0.6) is 17.2 Å². The van der Waals surface area contributed by atoms with Crippen molar-refractivity contribution in [3.63, 3.8) is 0 Å². The van der Waals surface area contributed by atoms with Crippen molar-refractivity contribution in [2.24, 2.45) is 0 Å². The summed E-state index contributed by atoms with van der Waals surface area (Å²) in [6.45, 7) is 4.69. The Morgan fingerprint density at radius 1 is 1.15 bits per heavy atom. The Balaban J connectivity index is 1.54. The molecule has 1 atom stereocenters. The first-order chi connectivity index (χ1) is 16.0. The smallest absolute Gasteiger partial charge is 0.257 e. The number of benzene rings is 3. The fraction of sp³-hybridized carbons (Fsp3) is 0.115. The maximum atomic E-state index is 13.3. The minimum absolute atomic E-state index is 0.134. The van der Waals surface area contributed by atoms with E-state index in [0.29, 0.717) is 29.3 Å². The van der Waals surface area contributed by atoms with Crippen LogP contribution in [-0.4, -0.2) is 22.7 Å². The first-order valence-electron chi connectivity index (χ1n) is 10.4. The predicted molar refractivity (Wildman–Crippen MR) is 130 cm³/mol. The summed E-state index contributed by atoms with van der Waals surface area (Å²) in [5.74, 6) is 1.28. The van der Waals surface area contributed by atoms with Gasteiger partial charge in [-0.3, -0.25) is 4.79 Å². The Hall–Kier alpha value is -3.71. The normalized spacial score (nSPS) is 16.1. The molecule has 0 saturated carbocycles. The van der Waals surface area contributed by atoms with Crippen LogP contribution in [0.1, 0.15) is 22.7 Å². The minimum Gasteiger partial charge on any atom is -0.508 e. The van der Waals surface area contributed by atoms with Gasteiger partial charge in [0.15, 0.2) is 11.5 Å². The molecule has 33 heavy (non-hydrogen) atoms. The van der Waals surface area contributed by atoms with Gasteiger partial charge in [-0.1, -0.05) is 46.3 Å². The number of hydrogen-bond acceptors (Lipinski definition) is 5. The van der Waals surface area contributed by atoms with Gasteiger partial charge in [0.1, 0.15) is 5.75 Å². The van der Waals surface area contributed by atoms with Gasteiger partial charge in [-0.2, -0.15) is 0 Å². The summed E-state index contributed by atoms with van der Waals surface area (Å²) in [5.41, 5.74) is 3.74. The number of amides is 1. The number of hydrogen-bond donors (Lipinski definition) is 2. The number of nitrogens with zero attached hydrogens (tertiary/aromatic N) is 1. The molecule has 0 radical (unpaired) electrons. The molecule has 5 rings (SSSR count). The maximum absolute atomic E-state index is 13.3. The van der Waals surface area contributed by atoms with Crippen molar-refractivity contribution in [2.45, 2.75) is 12.6 Å². The average Bonchev–Trinajstić information content (AvgIpc) is 3.26. The monoisotopic (exact) mass is 504 g/mol. The number of para-hydroxylation sites is 1. The predicted octanol–water partition coefficient (Wildman–Crippen LogP) is 5.61. The first-order valence-corrected chi connectivity index (χ1v) is 11.2. The third-order valence-electron chi connectivity index (χ3n) is 5.69. The molecule has 1 unspecified atom stereocenters. The second-order valence-corrected chi connectivity index (χ2v) is 8.64. The molecule has 1 amide bonds. The molecule has 166 valence electrons. The van der Waals surface area contributed by atoms with E-state index in [1.54, 1.807) is 18.2 Å². The van der Waals surface area contributed by atoms with Crippen LogP contribution in [0.3, 0.4) is 0 Å². The van der Waals surface area contributed by atoms with Crippen LogP contribution in [0.25, 0.3) is 5.57 Å². The van der Waals surface area contributed by atoms with E-state index in [2.05, 4.69) is 27.8 Å². The van der Waals surface area contributed by atoms with E-state index in [1.165, 1.54) is 0 Å². The molecule has 0 saturated heterocycles. The molecular formula is C26H21BrN2O4. The van der Waals surface area contributed by atoms with Crippen molar-refractivity contribution >= 4 is 33.1 Å². The van der Waals surface area contributed by atoms with Crippen molar-refractivity contribution in [3.05, 3.63) is 101 Å². The second-order valence-electron chi connectivity index (χ2n) is 7.78. The van der Waals surface area contributed by atoms with Crippen LogP contribution in [0, 0.1) is 0 Å². The van der Waals surface area contributed by atoms with Gasteiger partial charge < -0.3 is 24.8 Å². The van der Waals surface area contributed by atoms with Crippen LogP contribution in [0.2, 0.25) is 0 Å². The van der Waals surface area contributed by atoms with Crippen LogP contribution in [0.15, 0.2) is 84.0 Å². The van der Waals surface area contributed by atoms with Gasteiger partial charge in [0.2, 0.25) is 6.79 Å². The molecule has 0 fully saturated rings. The molecule has 0 aliphatic carbocycles. The molecular weight excluding hydrogens is 484 g/mol. The number of nitrogens with one attached hydrogen (secondary N) is 1. The Morgan fingerprint density at radius 2 is 1.91 bits per heavy atom. The lowest BCUT2D eigenvalue weighted by molar-refractivity contribution is -0.111. The standard InChI is InChI=1S/C26H21BrN2O4/c1-2-23-20-11-18(30)8-9-19(20)21(26(31)28-17-6-4-3-5-7-17)14-29(23)13-16-10-24-25(12-22(16)27)33-15-32-24/h2-12,14,23,30H,1,13,15H2,(H,28,31). The van der Waals surface area contributed by atoms with Gasteiger partial charge >= 0.3 is 0 Å². The zero-order valence-corrected chi connectivity index (χ0v) is 19.2. The molecule has 0 bridgehead atoms. The van der Waals surface area contributed by atoms with Crippen LogP contribution >= 0.6 is 15.9 Å². The zero-order chi connectivity index (χ0) is 22.9. The quantitative estimate of drug-likeness (QED) is 0.442. The third-order valence-corrected chi connectivity index (χ3v) is 6.43. The number of phenols is 1. The summed E-state index contributed by atoms with van der Waals surface area (Å²) in [6.07, 6.45) is 3.66. The summed E-state index contributed by atoms with van der Waals surface area (Å²) in [5, 5.41) is 13.1. The number of carbonyl (C=O) groups excluding carboxylic acids is 1. The Bertz CT molecular complexity index is 1270. The van der Waals surface area contributed by atoms with Crippen LogP contribution in [-0.2, 0) is 11.3 Å². The van der Waals surface area contributed by atoms with Gasteiger partial charge in [0, 0.05) is 22.9 Å². The van der Waals surface area contributed by atoms with Crippen molar-refractivity contribution < 1.29 is 19.4 Å². The number of fused-ring (bicyclic) bond motifs is 2. The molecule has 6 nitrogen and oxygen atoms in total. The lowest BCUT2D eigenvalue weighted by Gasteiger charge is -2.35. The molecule has 2 heterocycles. The number of phenolic OH excluding ortho intramolecular Hbond substituents is 1. The highest BCUT2D eigenvalue weighted by Crippen LogP contribution is 2.41. The van der Waals surface area contributed by atoms with E-state index < -0.39 is 0 Å². The number of halogens is 1. The average molecular weight is 505 g/mol. The summed E-state index contributed by atoms with van der Waals surface area (Å²) in [7, 11) is 0. The Labute approximate surface area is 199 Å². The molecule has 2 N–H and O–H groups in total. The second kappa shape index (κ2) is 8.67. The lowest BCUT2D eigenvalue weighted by atomic mass is 9.89. The maximum Gasteiger partial charge on any atom is 0.257 e. The number of carbonyl (C=O) groups is 1. The number of rotatable bonds is 5. The van der Waals surface area contributed by atoms with Gasteiger partial charge in [-0.25, -0.2) is 0 Å². The zero-order valence-electron chi connectivity index (χ0n) is 17.6. The lowest BCUT2D eigenvalue weighted by Crippen LogP contribution is -2.29. The molecule has 2 aliphatic rings. The first kappa shape index (κ1) is 21.2. The van der Waals surface area contributed by atoms with Gasteiger partial charge in [-0.15, -0.1) is 6.58 Å². The van der Waals surface area contributed by atoms with E-state index in [0.717, 1.165) is 21.2 Å². The summed E-state index contributed by atoms with van der Waals surface area (Å²) < 4.78 is 11.9. The summed E-state index contributed by atoms with van der Waals surface area (Å²) in [4.78, 5) is 15.3. The SMILES string of the molecule is C=CC1c2cc(O)ccc2C(C(=O)Nc2ccccc2)=CN1Cc1cc2c(cc1Br)OCO2. The largest absolute Gasteiger partial charge is 0.508 e. The Kier molecular flexibility index (Phi) is 5.56. The Morgan fingerprint density at radius 3 is 2.67 bits per heavy atom. The molecule has 7 heteroatoms. The molecule has 3 aromatic carbocycles. The van der Waals surface area contributed by atoms with Gasteiger partial charge in [-0.05, 0) is 53.1 Å². The number of aromatic hydroxyl groups is 1. The fourth-order valence-electron chi connectivity index (χ4n) is 4.12. The fourth-order valence-corrected chi connectivity index (χ4v) is 4.57. The highest BCUT2D eigenvalue weighted by molar-refractivity contribution is 9.10. The number of anilines is 1. The summed E-state index contributed by atoms with van der Waals surface area (Å²) >= 11 is 3.62. The van der Waals surface area contributed by atoms with Crippen molar-refractivity contribution in [1.29, 1.82) is 0 Å². The van der Waals surface area contributed by atoms with Crippen molar-refractivity contribution in [2.75, 3.05) is 12.1 Å². The van der Waals surface area contributed by atoms with Crippen molar-refractivity contribution in [3.8, 4) is 17.2 Å². The van der Waals surface area contributed by atoms with E-state index in [1.807, 2.05) is 59.6 Å². The van der Waals surface area contributed by atoms with Gasteiger partial charge in [0.05, 0.1) is 11.6 Å². The van der Waals surface area contributed by atoms with Crippen LogP contribution in [0.4, 0.5) is 5.69 Å². The molecule has 2 aliphatic heterocycles. The molecule has 3 aromatic rings. The van der Waals surface area contributed by atoms with Crippen molar-refractivity contribution in [1.82, 2.24) is 4.90 Å².